The van der Waals surface area contributed by atoms with Crippen LogP contribution in [0.5, 0.6) is 0 Å². The molecule has 0 spiro atoms. The maximum Gasteiger partial charge on any atom is 0.183 e. The Balaban J connectivity index is 2.74. The van der Waals surface area contributed by atoms with Crippen LogP contribution in [0.3, 0.4) is 0 Å². The van der Waals surface area contributed by atoms with Crippen molar-refractivity contribution in [3.8, 4) is 0 Å². The Morgan fingerprint density at radius 1 is 1.00 bits per heavy atom. The molecule has 0 heterocycles. The van der Waals surface area contributed by atoms with E-state index >= 15 is 0 Å². The number of sulfone groups is 1. The second-order valence-corrected chi connectivity index (χ2v) is 9.15. The molecule has 0 unspecified atom stereocenters. The van der Waals surface area contributed by atoms with E-state index in [0.717, 1.165) is 35.6 Å². The predicted octanol–water partition coefficient (Wildman–Crippen LogP) is 4.75. The molecule has 2 aromatic rings. The third-order valence-corrected chi connectivity index (χ3v) is 6.45. The lowest BCUT2D eigenvalue weighted by Gasteiger charge is -2.22. The number of hydrogen-bond donors (Lipinski definition) is 0. The lowest BCUT2D eigenvalue weighted by molar-refractivity contribution is 0.559. The normalized spacial score (nSPS) is 12.8. The lowest BCUT2D eigenvalue weighted by Crippen LogP contribution is -2.28. The van der Waals surface area contributed by atoms with E-state index in [0.29, 0.717) is 4.90 Å². The SMILES string of the molecule is CCCCc1c(S(=O)(=O)C(C)(C)C)ccc2ccccc12. The minimum atomic E-state index is -3.33. The summed E-state index contributed by atoms with van der Waals surface area (Å²) in [6, 6.07) is 11.7. The van der Waals surface area contributed by atoms with Gasteiger partial charge in [0.1, 0.15) is 0 Å². The summed E-state index contributed by atoms with van der Waals surface area (Å²) in [6.07, 6.45) is 2.86. The molecule has 2 aromatic carbocycles. The molecule has 2 nitrogen and oxygen atoms in total. The molecule has 0 radical (unpaired) electrons. The molecule has 0 aliphatic carbocycles. The first-order chi connectivity index (χ1) is 9.79. The minimum absolute atomic E-state index is 0.502. The van der Waals surface area contributed by atoms with E-state index in [1.54, 1.807) is 26.8 Å². The number of aryl methyl sites for hydroxylation is 1. The van der Waals surface area contributed by atoms with Crippen molar-refractivity contribution >= 4 is 20.6 Å². The van der Waals surface area contributed by atoms with E-state index in [9.17, 15) is 8.42 Å². The van der Waals surface area contributed by atoms with E-state index in [1.807, 2.05) is 30.3 Å². The Labute approximate surface area is 128 Å². The molecular formula is C18H24O2S. The van der Waals surface area contributed by atoms with Gasteiger partial charge in [0.25, 0.3) is 0 Å². The number of benzene rings is 2. The van der Waals surface area contributed by atoms with E-state index in [2.05, 4.69) is 6.92 Å². The monoisotopic (exact) mass is 304 g/mol. The molecule has 21 heavy (non-hydrogen) atoms. The molecule has 0 fully saturated rings. The van der Waals surface area contributed by atoms with Gasteiger partial charge < -0.3 is 0 Å². The first kappa shape index (κ1) is 16.0. The number of unbranched alkanes of at least 4 members (excludes halogenated alkanes) is 1. The van der Waals surface area contributed by atoms with Gasteiger partial charge in [0.15, 0.2) is 9.84 Å². The van der Waals surface area contributed by atoms with Gasteiger partial charge in [-0.15, -0.1) is 0 Å². The number of fused-ring (bicyclic) bond motifs is 1. The van der Waals surface area contributed by atoms with E-state index < -0.39 is 14.6 Å². The maximum atomic E-state index is 12.9. The van der Waals surface area contributed by atoms with Crippen LogP contribution in [0.2, 0.25) is 0 Å². The van der Waals surface area contributed by atoms with Crippen LogP contribution in [-0.4, -0.2) is 13.2 Å². The molecule has 0 bridgehead atoms. The van der Waals surface area contributed by atoms with Crippen molar-refractivity contribution in [2.45, 2.75) is 56.6 Å². The summed E-state index contributed by atoms with van der Waals surface area (Å²) >= 11 is 0. The zero-order valence-electron chi connectivity index (χ0n) is 13.3. The van der Waals surface area contributed by atoms with E-state index in [1.165, 1.54) is 0 Å². The highest BCUT2D eigenvalue weighted by Crippen LogP contribution is 2.33. The van der Waals surface area contributed by atoms with Crippen LogP contribution < -0.4 is 0 Å². The van der Waals surface area contributed by atoms with Crippen LogP contribution in [0.4, 0.5) is 0 Å². The third-order valence-electron chi connectivity index (χ3n) is 3.87. The number of rotatable bonds is 4. The van der Waals surface area contributed by atoms with Crippen LogP contribution in [0.1, 0.15) is 46.1 Å². The molecule has 0 saturated carbocycles. The Bertz CT molecular complexity index is 737. The van der Waals surface area contributed by atoms with Gasteiger partial charge in [-0.25, -0.2) is 8.42 Å². The molecule has 0 atom stereocenters. The summed E-state index contributed by atoms with van der Waals surface area (Å²) in [5.74, 6) is 0. The van der Waals surface area contributed by atoms with Gasteiger partial charge in [-0.05, 0) is 56.0 Å². The van der Waals surface area contributed by atoms with Crippen molar-refractivity contribution in [1.82, 2.24) is 0 Å². The van der Waals surface area contributed by atoms with Crippen LogP contribution in [0.15, 0.2) is 41.3 Å². The largest absolute Gasteiger partial charge is 0.223 e. The maximum absolute atomic E-state index is 12.9. The van der Waals surface area contributed by atoms with Gasteiger partial charge in [-0.1, -0.05) is 43.7 Å². The molecule has 0 aliphatic heterocycles. The van der Waals surface area contributed by atoms with Crippen molar-refractivity contribution < 1.29 is 8.42 Å². The second kappa shape index (κ2) is 5.80. The van der Waals surface area contributed by atoms with Gasteiger partial charge in [-0.2, -0.15) is 0 Å². The van der Waals surface area contributed by atoms with Crippen LogP contribution in [-0.2, 0) is 16.3 Å². The Kier molecular flexibility index (Phi) is 4.43. The Hall–Kier alpha value is -1.35. The van der Waals surface area contributed by atoms with Gasteiger partial charge in [0.2, 0.25) is 0 Å². The zero-order chi connectivity index (χ0) is 15.7. The van der Waals surface area contributed by atoms with Crippen molar-refractivity contribution in [3.63, 3.8) is 0 Å². The van der Waals surface area contributed by atoms with Crippen molar-refractivity contribution in [2.24, 2.45) is 0 Å². The Morgan fingerprint density at radius 2 is 1.67 bits per heavy atom. The zero-order valence-corrected chi connectivity index (χ0v) is 14.1. The summed E-state index contributed by atoms with van der Waals surface area (Å²) in [5.41, 5.74) is 0.977. The summed E-state index contributed by atoms with van der Waals surface area (Å²) in [6.45, 7) is 7.42. The van der Waals surface area contributed by atoms with Crippen LogP contribution in [0.25, 0.3) is 10.8 Å². The van der Waals surface area contributed by atoms with Crippen LogP contribution in [0, 0.1) is 0 Å². The van der Waals surface area contributed by atoms with E-state index in [4.69, 9.17) is 0 Å². The van der Waals surface area contributed by atoms with Gasteiger partial charge >= 0.3 is 0 Å². The highest BCUT2D eigenvalue weighted by atomic mass is 32.2. The fourth-order valence-electron chi connectivity index (χ4n) is 2.51. The summed E-state index contributed by atoms with van der Waals surface area (Å²) < 4.78 is 25.0. The molecule has 0 aliphatic rings. The summed E-state index contributed by atoms with van der Waals surface area (Å²) in [4.78, 5) is 0.502. The summed E-state index contributed by atoms with van der Waals surface area (Å²) in [5, 5.41) is 2.17. The molecule has 0 saturated heterocycles. The molecule has 0 aromatic heterocycles. The molecule has 0 N–H and O–H groups in total. The standard InChI is InChI=1S/C18H24O2S/c1-5-6-10-16-15-11-8-7-9-14(15)12-13-17(16)21(19,20)18(2,3)4/h7-9,11-13H,5-6,10H2,1-4H3. The average molecular weight is 304 g/mol. The molecule has 2 rings (SSSR count). The highest BCUT2D eigenvalue weighted by Gasteiger charge is 2.33. The molecule has 114 valence electrons. The van der Waals surface area contributed by atoms with Crippen molar-refractivity contribution in [3.05, 3.63) is 42.0 Å². The van der Waals surface area contributed by atoms with Gasteiger partial charge in [0, 0.05) is 0 Å². The lowest BCUT2D eigenvalue weighted by atomic mass is 10.0. The molecule has 3 heteroatoms. The van der Waals surface area contributed by atoms with Crippen molar-refractivity contribution in [1.29, 1.82) is 0 Å². The predicted molar refractivity (Wildman–Crippen MR) is 89.5 cm³/mol. The fourth-order valence-corrected chi connectivity index (χ4v) is 3.95. The topological polar surface area (TPSA) is 34.1 Å². The first-order valence-electron chi connectivity index (χ1n) is 7.54. The Morgan fingerprint density at radius 3 is 2.29 bits per heavy atom. The van der Waals surface area contributed by atoms with Crippen LogP contribution >= 0.6 is 0 Å². The van der Waals surface area contributed by atoms with Gasteiger partial charge in [-0.3, -0.25) is 0 Å². The number of hydrogen-bond acceptors (Lipinski definition) is 2. The van der Waals surface area contributed by atoms with Gasteiger partial charge in [0.05, 0.1) is 9.64 Å². The minimum Gasteiger partial charge on any atom is -0.223 e. The highest BCUT2D eigenvalue weighted by molar-refractivity contribution is 7.92. The average Bonchev–Trinajstić information content (AvgIpc) is 2.43. The van der Waals surface area contributed by atoms with E-state index in [-0.39, 0.29) is 0 Å². The molecule has 0 amide bonds. The quantitative estimate of drug-likeness (QED) is 0.816. The van der Waals surface area contributed by atoms with Crippen molar-refractivity contribution in [2.75, 3.05) is 0 Å². The first-order valence-corrected chi connectivity index (χ1v) is 9.02. The second-order valence-electron chi connectivity index (χ2n) is 6.48. The summed E-state index contributed by atoms with van der Waals surface area (Å²) in [7, 11) is -3.33. The third kappa shape index (κ3) is 2.98. The molecular weight excluding hydrogens is 280 g/mol. The fraction of sp³-hybridized carbons (Fsp3) is 0.444. The smallest absolute Gasteiger partial charge is 0.183 e.